The molecule has 0 N–H and O–H groups in total. The highest BCUT2D eigenvalue weighted by atomic mass is 16.5. The molecule has 2 nitrogen and oxygen atoms in total. The second kappa shape index (κ2) is 10.9. The minimum Gasteiger partial charge on any atom is -0.464 e. The van der Waals surface area contributed by atoms with Crippen LogP contribution in [0.25, 0.3) is 11.5 Å². The van der Waals surface area contributed by atoms with Gasteiger partial charge in [-0.3, -0.25) is 0 Å². The maximum Gasteiger partial charge on any atom is 0.195 e. The Morgan fingerprint density at radius 2 is 1.19 bits per heavy atom. The number of hydrogen-bond donors (Lipinski definition) is 0. The summed E-state index contributed by atoms with van der Waals surface area (Å²) in [5, 5.41) is 0. The number of allylic oxidation sites excluding steroid dienone is 1. The van der Waals surface area contributed by atoms with Gasteiger partial charge in [0.15, 0.2) is 12.0 Å². The summed E-state index contributed by atoms with van der Waals surface area (Å²) >= 11 is 0. The number of ether oxygens (including phenoxy) is 1. The highest BCUT2D eigenvalue weighted by Crippen LogP contribution is 2.45. The van der Waals surface area contributed by atoms with Gasteiger partial charge in [-0.25, -0.2) is 0 Å². The molecule has 0 fully saturated rings. The average molecular weight is 484 g/mol. The standard InChI is InChI=1S/C35H33NO/c1-5-14-27(15-6-1)24-25-36-33(29-18-9-3-10-19-29)34(30-20-11-4-12-21-30)37-35(36)32-23-13-22-31(32)26-28-16-7-2-8-17-28/h1-12,14-21,35H,13,22-26H2. The van der Waals surface area contributed by atoms with Crippen LogP contribution < -0.4 is 0 Å². The molecule has 0 amide bonds. The Balaban J connectivity index is 1.43. The predicted octanol–water partition coefficient (Wildman–Crippen LogP) is 8.14. The van der Waals surface area contributed by atoms with E-state index >= 15 is 0 Å². The molecule has 2 heteroatoms. The van der Waals surface area contributed by atoms with Gasteiger partial charge in [-0.2, -0.15) is 0 Å². The van der Waals surface area contributed by atoms with Crippen LogP contribution in [0, 0.1) is 0 Å². The minimum atomic E-state index is -0.0738. The topological polar surface area (TPSA) is 12.5 Å². The summed E-state index contributed by atoms with van der Waals surface area (Å²) < 4.78 is 7.02. The van der Waals surface area contributed by atoms with Gasteiger partial charge in [0, 0.05) is 17.7 Å². The second-order valence-electron chi connectivity index (χ2n) is 9.95. The van der Waals surface area contributed by atoms with Gasteiger partial charge in [0.2, 0.25) is 0 Å². The van der Waals surface area contributed by atoms with Gasteiger partial charge in [0.1, 0.15) is 0 Å². The third-order valence-corrected chi connectivity index (χ3v) is 7.52. The molecule has 184 valence electrons. The summed E-state index contributed by atoms with van der Waals surface area (Å²) in [7, 11) is 0. The quantitative estimate of drug-likeness (QED) is 0.235. The average Bonchev–Trinajstić information content (AvgIpc) is 3.58. The van der Waals surface area contributed by atoms with Gasteiger partial charge >= 0.3 is 0 Å². The molecule has 6 rings (SSSR count). The van der Waals surface area contributed by atoms with Crippen LogP contribution >= 0.6 is 0 Å². The molecule has 1 unspecified atom stereocenters. The molecule has 0 saturated carbocycles. The molecule has 0 bridgehead atoms. The summed E-state index contributed by atoms with van der Waals surface area (Å²) in [5.41, 5.74) is 9.29. The molecule has 37 heavy (non-hydrogen) atoms. The summed E-state index contributed by atoms with van der Waals surface area (Å²) in [6, 6.07) is 43.1. The third kappa shape index (κ3) is 5.11. The Kier molecular flexibility index (Phi) is 6.90. The SMILES string of the molecule is c1ccc(CCN2C(c3ccccc3)=C(c3ccccc3)OC2C2=C(Cc3ccccc3)CCC2)cc1. The Labute approximate surface area is 220 Å². The van der Waals surface area contributed by atoms with Crippen LogP contribution in [0.15, 0.2) is 132 Å². The minimum absolute atomic E-state index is 0.0738. The molecule has 2 aliphatic rings. The Hall–Kier alpha value is -4.04. The monoisotopic (exact) mass is 483 g/mol. The highest BCUT2D eigenvalue weighted by molar-refractivity contribution is 5.88. The van der Waals surface area contributed by atoms with Crippen molar-refractivity contribution in [3.63, 3.8) is 0 Å². The molecule has 1 atom stereocenters. The van der Waals surface area contributed by atoms with Crippen molar-refractivity contribution in [3.05, 3.63) is 155 Å². The van der Waals surface area contributed by atoms with E-state index in [1.807, 2.05) is 0 Å². The lowest BCUT2D eigenvalue weighted by Gasteiger charge is -2.30. The molecule has 0 spiro atoms. The van der Waals surface area contributed by atoms with Crippen molar-refractivity contribution in [2.45, 2.75) is 38.3 Å². The molecular formula is C35H33NO. The van der Waals surface area contributed by atoms with Crippen molar-refractivity contribution in [3.8, 4) is 0 Å². The molecule has 1 aliphatic carbocycles. The zero-order valence-corrected chi connectivity index (χ0v) is 21.2. The van der Waals surface area contributed by atoms with Crippen LogP contribution in [0.2, 0.25) is 0 Å². The van der Waals surface area contributed by atoms with E-state index in [0.717, 1.165) is 43.6 Å². The number of nitrogens with zero attached hydrogens (tertiary/aromatic N) is 1. The van der Waals surface area contributed by atoms with Gasteiger partial charge < -0.3 is 9.64 Å². The first-order chi connectivity index (χ1) is 18.4. The van der Waals surface area contributed by atoms with Crippen LogP contribution in [0.3, 0.4) is 0 Å². The van der Waals surface area contributed by atoms with E-state index in [2.05, 4.69) is 126 Å². The van der Waals surface area contributed by atoms with Crippen LogP contribution in [-0.4, -0.2) is 17.7 Å². The summed E-state index contributed by atoms with van der Waals surface area (Å²) in [5.74, 6) is 0.989. The van der Waals surface area contributed by atoms with Crippen molar-refractivity contribution < 1.29 is 4.74 Å². The van der Waals surface area contributed by atoms with E-state index < -0.39 is 0 Å². The number of rotatable bonds is 8. The fourth-order valence-corrected chi connectivity index (χ4v) is 5.72. The fraction of sp³-hybridized carbons (Fsp3) is 0.200. The third-order valence-electron chi connectivity index (χ3n) is 7.52. The number of hydrogen-bond acceptors (Lipinski definition) is 2. The van der Waals surface area contributed by atoms with Crippen molar-refractivity contribution in [1.29, 1.82) is 0 Å². The van der Waals surface area contributed by atoms with Crippen LogP contribution in [-0.2, 0) is 17.6 Å². The second-order valence-corrected chi connectivity index (χ2v) is 9.95. The molecule has 0 saturated heterocycles. The molecule has 1 aliphatic heterocycles. The smallest absolute Gasteiger partial charge is 0.195 e. The van der Waals surface area contributed by atoms with Gasteiger partial charge in [0.05, 0.1) is 5.70 Å². The lowest BCUT2D eigenvalue weighted by Crippen LogP contribution is -2.34. The van der Waals surface area contributed by atoms with E-state index in [-0.39, 0.29) is 6.23 Å². The van der Waals surface area contributed by atoms with E-state index in [9.17, 15) is 0 Å². The molecule has 4 aromatic carbocycles. The molecule has 4 aromatic rings. The van der Waals surface area contributed by atoms with E-state index in [1.54, 1.807) is 5.57 Å². The molecule has 1 heterocycles. The van der Waals surface area contributed by atoms with Gasteiger partial charge in [-0.05, 0) is 48.8 Å². The van der Waals surface area contributed by atoms with Gasteiger partial charge in [0.25, 0.3) is 0 Å². The maximum atomic E-state index is 7.02. The van der Waals surface area contributed by atoms with Crippen molar-refractivity contribution in [2.24, 2.45) is 0 Å². The first kappa shape index (κ1) is 23.4. The number of benzene rings is 4. The lowest BCUT2D eigenvalue weighted by molar-refractivity contribution is 0.103. The Morgan fingerprint density at radius 1 is 0.622 bits per heavy atom. The van der Waals surface area contributed by atoms with Gasteiger partial charge in [-0.15, -0.1) is 0 Å². The van der Waals surface area contributed by atoms with Crippen molar-refractivity contribution in [2.75, 3.05) is 6.54 Å². The van der Waals surface area contributed by atoms with Crippen LogP contribution in [0.1, 0.15) is 41.5 Å². The zero-order chi connectivity index (χ0) is 24.9. The Bertz CT molecular complexity index is 1370. The normalized spacial score (nSPS) is 17.4. The summed E-state index contributed by atoms with van der Waals surface area (Å²) in [6.07, 6.45) is 5.35. The predicted molar refractivity (Wildman–Crippen MR) is 152 cm³/mol. The molecule has 0 radical (unpaired) electrons. The molecular weight excluding hydrogens is 450 g/mol. The Morgan fingerprint density at radius 3 is 1.84 bits per heavy atom. The summed E-state index contributed by atoms with van der Waals surface area (Å²) in [6.45, 7) is 0.900. The van der Waals surface area contributed by atoms with Gasteiger partial charge in [-0.1, -0.05) is 127 Å². The first-order valence-electron chi connectivity index (χ1n) is 13.4. The largest absolute Gasteiger partial charge is 0.464 e. The zero-order valence-electron chi connectivity index (χ0n) is 21.2. The molecule has 0 aromatic heterocycles. The fourth-order valence-electron chi connectivity index (χ4n) is 5.72. The lowest BCUT2D eigenvalue weighted by atomic mass is 10.00. The van der Waals surface area contributed by atoms with E-state index in [0.29, 0.717) is 0 Å². The van der Waals surface area contributed by atoms with E-state index in [4.69, 9.17) is 4.74 Å². The van der Waals surface area contributed by atoms with E-state index in [1.165, 1.54) is 34.4 Å². The maximum absolute atomic E-state index is 7.02. The van der Waals surface area contributed by atoms with Crippen molar-refractivity contribution in [1.82, 2.24) is 4.90 Å². The van der Waals surface area contributed by atoms with Crippen LogP contribution in [0.5, 0.6) is 0 Å². The first-order valence-corrected chi connectivity index (χ1v) is 13.4. The van der Waals surface area contributed by atoms with Crippen LogP contribution in [0.4, 0.5) is 0 Å². The summed E-state index contributed by atoms with van der Waals surface area (Å²) in [4.78, 5) is 2.54. The highest BCUT2D eigenvalue weighted by Gasteiger charge is 2.39. The van der Waals surface area contributed by atoms with Crippen molar-refractivity contribution >= 4 is 11.5 Å².